The number of aromatic nitrogens is 4. The molecule has 0 bridgehead atoms. The van der Waals surface area contributed by atoms with Crippen LogP contribution in [0.15, 0.2) is 53.6 Å². The summed E-state index contributed by atoms with van der Waals surface area (Å²) in [5.41, 5.74) is 4.08. The number of aromatic amines is 2. The minimum absolute atomic E-state index is 0.0243. The maximum Gasteiger partial charge on any atom is 0.326 e. The molecular formula is C20H19N5O2. The molecule has 1 saturated heterocycles. The summed E-state index contributed by atoms with van der Waals surface area (Å²) in [6.07, 6.45) is 3.16. The number of amides is 1. The van der Waals surface area contributed by atoms with Crippen molar-refractivity contribution in [3.63, 3.8) is 0 Å². The lowest BCUT2D eigenvalue weighted by molar-refractivity contribution is 0.0695. The molecule has 27 heavy (non-hydrogen) atoms. The Morgan fingerprint density at radius 2 is 1.89 bits per heavy atom. The maximum atomic E-state index is 12.9. The highest BCUT2D eigenvalue weighted by atomic mass is 16.2. The predicted molar refractivity (Wildman–Crippen MR) is 103 cm³/mol. The molecule has 0 saturated carbocycles. The molecule has 0 atom stereocenters. The van der Waals surface area contributed by atoms with E-state index in [0.717, 1.165) is 34.9 Å². The van der Waals surface area contributed by atoms with Gasteiger partial charge in [-0.05, 0) is 43.2 Å². The van der Waals surface area contributed by atoms with Gasteiger partial charge < -0.3 is 14.9 Å². The fraction of sp³-hybridized carbons (Fsp3) is 0.250. The topological polar surface area (TPSA) is 86.8 Å². The van der Waals surface area contributed by atoms with Crippen molar-refractivity contribution < 1.29 is 4.79 Å². The molecule has 2 N–H and O–H groups in total. The number of nitrogens with zero attached hydrogens (tertiary/aromatic N) is 3. The highest BCUT2D eigenvalue weighted by Crippen LogP contribution is 2.26. The van der Waals surface area contributed by atoms with Crippen molar-refractivity contribution >= 4 is 28.0 Å². The SMILES string of the molecule is O=C(c1ccc2nc[nH]c2c1)N1CCC(n2c(=O)[nH]c3ccccc32)CC1. The van der Waals surface area contributed by atoms with Gasteiger partial charge in [0.1, 0.15) is 0 Å². The van der Waals surface area contributed by atoms with Gasteiger partial charge in [-0.3, -0.25) is 9.36 Å². The lowest BCUT2D eigenvalue weighted by Crippen LogP contribution is -2.40. The zero-order valence-corrected chi connectivity index (χ0v) is 14.7. The Hall–Kier alpha value is -3.35. The van der Waals surface area contributed by atoms with Crippen molar-refractivity contribution in [2.75, 3.05) is 13.1 Å². The lowest BCUT2D eigenvalue weighted by atomic mass is 10.0. The van der Waals surface area contributed by atoms with Crippen LogP contribution < -0.4 is 5.69 Å². The molecule has 3 heterocycles. The summed E-state index contributed by atoms with van der Waals surface area (Å²) in [5.74, 6) is 0.0243. The lowest BCUT2D eigenvalue weighted by Gasteiger charge is -2.32. The fourth-order valence-corrected chi connectivity index (χ4v) is 4.02. The minimum atomic E-state index is -0.0781. The van der Waals surface area contributed by atoms with Crippen molar-refractivity contribution in [1.82, 2.24) is 24.4 Å². The van der Waals surface area contributed by atoms with Gasteiger partial charge in [-0.15, -0.1) is 0 Å². The van der Waals surface area contributed by atoms with Crippen LogP contribution in [-0.2, 0) is 0 Å². The maximum absolute atomic E-state index is 12.9. The number of hydrogen-bond donors (Lipinski definition) is 2. The number of benzene rings is 2. The van der Waals surface area contributed by atoms with Crippen LogP contribution in [0, 0.1) is 0 Å². The van der Waals surface area contributed by atoms with E-state index in [1.807, 2.05) is 51.9 Å². The summed E-state index contributed by atoms with van der Waals surface area (Å²) >= 11 is 0. The molecule has 1 fully saturated rings. The number of imidazole rings is 2. The summed E-state index contributed by atoms with van der Waals surface area (Å²) in [7, 11) is 0. The second-order valence-corrected chi connectivity index (χ2v) is 6.98. The Labute approximate surface area is 154 Å². The third-order valence-corrected chi connectivity index (χ3v) is 5.41. The zero-order valence-electron chi connectivity index (χ0n) is 14.7. The predicted octanol–water partition coefficient (Wildman–Crippen LogP) is 2.68. The van der Waals surface area contributed by atoms with Crippen molar-refractivity contribution in [2.24, 2.45) is 0 Å². The quantitative estimate of drug-likeness (QED) is 0.575. The first-order chi connectivity index (χ1) is 13.2. The standard InChI is InChI=1S/C20H19N5O2/c26-19(13-5-6-15-17(11-13)22-12-21-15)24-9-7-14(8-10-24)25-18-4-2-1-3-16(18)23-20(25)27/h1-6,11-12,14H,7-10H2,(H,21,22)(H,23,27). The third kappa shape index (κ3) is 2.63. The van der Waals surface area contributed by atoms with Gasteiger partial charge in [0.25, 0.3) is 5.91 Å². The molecule has 136 valence electrons. The van der Waals surface area contributed by atoms with Gasteiger partial charge in [0, 0.05) is 24.7 Å². The minimum Gasteiger partial charge on any atom is -0.345 e. The van der Waals surface area contributed by atoms with Crippen LogP contribution in [0.1, 0.15) is 29.2 Å². The number of carbonyl (C=O) groups is 1. The van der Waals surface area contributed by atoms with E-state index in [2.05, 4.69) is 15.0 Å². The molecule has 1 aliphatic rings. The molecule has 0 spiro atoms. The van der Waals surface area contributed by atoms with Gasteiger partial charge in [-0.1, -0.05) is 12.1 Å². The van der Waals surface area contributed by atoms with E-state index in [4.69, 9.17) is 0 Å². The number of para-hydroxylation sites is 2. The van der Waals surface area contributed by atoms with Crippen LogP contribution in [0.3, 0.4) is 0 Å². The van der Waals surface area contributed by atoms with Crippen molar-refractivity contribution in [1.29, 1.82) is 0 Å². The van der Waals surface area contributed by atoms with E-state index in [9.17, 15) is 9.59 Å². The number of piperidine rings is 1. The molecule has 2 aromatic heterocycles. The Morgan fingerprint density at radius 1 is 1.07 bits per heavy atom. The molecule has 0 aliphatic carbocycles. The summed E-state index contributed by atoms with van der Waals surface area (Å²) < 4.78 is 1.84. The first-order valence-corrected chi connectivity index (χ1v) is 9.12. The first kappa shape index (κ1) is 15.9. The fourth-order valence-electron chi connectivity index (χ4n) is 4.02. The number of hydrogen-bond acceptors (Lipinski definition) is 3. The van der Waals surface area contributed by atoms with Gasteiger partial charge in [0.15, 0.2) is 0 Å². The van der Waals surface area contributed by atoms with Crippen LogP contribution in [0.5, 0.6) is 0 Å². The molecule has 1 amide bonds. The van der Waals surface area contributed by atoms with Gasteiger partial charge >= 0.3 is 5.69 Å². The summed E-state index contributed by atoms with van der Waals surface area (Å²) in [4.78, 5) is 37.3. The average molecular weight is 361 g/mol. The molecule has 0 radical (unpaired) electrons. The normalized spacial score (nSPS) is 15.6. The van der Waals surface area contributed by atoms with Crippen LogP contribution in [0.2, 0.25) is 0 Å². The van der Waals surface area contributed by atoms with Crippen LogP contribution in [0.25, 0.3) is 22.1 Å². The molecular weight excluding hydrogens is 342 g/mol. The number of fused-ring (bicyclic) bond motifs is 2. The van der Waals surface area contributed by atoms with Gasteiger partial charge in [0.2, 0.25) is 0 Å². The largest absolute Gasteiger partial charge is 0.345 e. The van der Waals surface area contributed by atoms with Crippen LogP contribution in [-0.4, -0.2) is 43.4 Å². The second kappa shape index (κ2) is 6.12. The molecule has 1 aliphatic heterocycles. The second-order valence-electron chi connectivity index (χ2n) is 6.98. The van der Waals surface area contributed by atoms with Crippen molar-refractivity contribution in [2.45, 2.75) is 18.9 Å². The van der Waals surface area contributed by atoms with Gasteiger partial charge in [-0.25, -0.2) is 9.78 Å². The van der Waals surface area contributed by atoms with E-state index >= 15 is 0 Å². The van der Waals surface area contributed by atoms with E-state index in [-0.39, 0.29) is 17.6 Å². The third-order valence-electron chi connectivity index (χ3n) is 5.41. The van der Waals surface area contributed by atoms with Gasteiger partial charge in [-0.2, -0.15) is 0 Å². The monoisotopic (exact) mass is 361 g/mol. The Bertz CT molecular complexity index is 1190. The van der Waals surface area contributed by atoms with Crippen molar-refractivity contribution in [3.8, 4) is 0 Å². The molecule has 4 aromatic rings. The molecule has 2 aromatic carbocycles. The Balaban J connectivity index is 1.35. The summed E-state index contributed by atoms with van der Waals surface area (Å²) in [6.45, 7) is 1.27. The zero-order chi connectivity index (χ0) is 18.4. The average Bonchev–Trinajstić information content (AvgIpc) is 3.30. The molecule has 5 rings (SSSR count). The van der Waals surface area contributed by atoms with E-state index in [1.54, 1.807) is 6.33 Å². The van der Waals surface area contributed by atoms with Crippen LogP contribution >= 0.6 is 0 Å². The van der Waals surface area contributed by atoms with Crippen molar-refractivity contribution in [3.05, 3.63) is 64.8 Å². The Kier molecular flexibility index (Phi) is 3.60. The smallest absolute Gasteiger partial charge is 0.326 e. The number of rotatable bonds is 2. The number of carbonyl (C=O) groups excluding carboxylic acids is 1. The van der Waals surface area contributed by atoms with E-state index in [1.165, 1.54) is 0 Å². The summed E-state index contributed by atoms with van der Waals surface area (Å²) in [5, 5.41) is 0. The van der Waals surface area contributed by atoms with E-state index in [0.29, 0.717) is 18.7 Å². The highest BCUT2D eigenvalue weighted by Gasteiger charge is 2.26. The van der Waals surface area contributed by atoms with Gasteiger partial charge in [0.05, 0.1) is 28.4 Å². The first-order valence-electron chi connectivity index (χ1n) is 9.12. The van der Waals surface area contributed by atoms with Crippen LogP contribution in [0.4, 0.5) is 0 Å². The number of likely N-dealkylation sites (tertiary alicyclic amines) is 1. The molecule has 7 nitrogen and oxygen atoms in total. The highest BCUT2D eigenvalue weighted by molar-refractivity contribution is 5.97. The molecule has 7 heteroatoms. The Morgan fingerprint density at radius 3 is 2.74 bits per heavy atom. The number of nitrogens with one attached hydrogen (secondary N) is 2. The number of H-pyrrole nitrogens is 2. The summed E-state index contributed by atoms with van der Waals surface area (Å²) in [6, 6.07) is 13.4. The van der Waals surface area contributed by atoms with E-state index < -0.39 is 0 Å². The molecule has 0 unspecified atom stereocenters.